The van der Waals surface area contributed by atoms with Gasteiger partial charge in [-0.2, -0.15) is 0 Å². The smallest absolute Gasteiger partial charge is 0.249 e. The Morgan fingerprint density at radius 3 is 2.81 bits per heavy atom. The molecule has 0 saturated heterocycles. The molecule has 0 amide bonds. The van der Waals surface area contributed by atoms with Crippen LogP contribution in [0, 0.1) is 0 Å². The van der Waals surface area contributed by atoms with Gasteiger partial charge >= 0.3 is 0 Å². The molecule has 0 aliphatic rings. The minimum Gasteiger partial charge on any atom is -0.500 e. The van der Waals surface area contributed by atoms with Crippen molar-refractivity contribution >= 4 is 12.4 Å². The van der Waals surface area contributed by atoms with Crippen molar-refractivity contribution in [2.75, 3.05) is 7.11 Å². The average Bonchev–Trinajstić information content (AvgIpc) is 2.83. The van der Waals surface area contributed by atoms with Crippen LogP contribution in [0.5, 0.6) is 11.5 Å². The van der Waals surface area contributed by atoms with Gasteiger partial charge in [-0.15, -0.1) is 0 Å². The third kappa shape index (κ3) is 1.65. The number of phenols is 1. The Balaban J connectivity index is 2.60. The molecule has 0 atom stereocenters. The second-order valence-electron chi connectivity index (χ2n) is 3.23. The number of hydrogen-bond acceptors (Lipinski definition) is 3. The molecule has 0 fully saturated rings. The monoisotopic (exact) mass is 218 g/mol. The molecule has 0 saturated carbocycles. The van der Waals surface area contributed by atoms with Crippen molar-refractivity contribution in [3.8, 4) is 22.8 Å². The summed E-state index contributed by atoms with van der Waals surface area (Å²) in [7, 11) is 1.49. The lowest BCUT2D eigenvalue weighted by Gasteiger charge is -2.05. The highest BCUT2D eigenvalue weighted by molar-refractivity contribution is 5.69. The summed E-state index contributed by atoms with van der Waals surface area (Å²) in [4.78, 5) is 2.65. The van der Waals surface area contributed by atoms with Gasteiger partial charge in [-0.3, -0.25) is 0 Å². The van der Waals surface area contributed by atoms with Crippen LogP contribution in [0.4, 0.5) is 5.69 Å². The maximum atomic E-state index is 9.75. The zero-order chi connectivity index (χ0) is 11.5. The number of benzene rings is 1. The summed E-state index contributed by atoms with van der Waals surface area (Å²) >= 11 is 0. The number of furan rings is 1. The van der Waals surface area contributed by atoms with Crippen molar-refractivity contribution < 1.29 is 19.3 Å². The summed E-state index contributed by atoms with van der Waals surface area (Å²) < 4.78 is 10.3. The molecule has 1 heterocycles. The van der Waals surface area contributed by atoms with Crippen molar-refractivity contribution in [2.45, 2.75) is 0 Å². The standard InChI is InChI=1S/C12H11NO3/c1-13-9-6-8(10-4-3-5-16-10)7-11(15-2)12(9)14/h3-7,14H,1H2,2H3/p+1. The second kappa shape index (κ2) is 4.10. The minimum absolute atomic E-state index is 0.0350. The van der Waals surface area contributed by atoms with Gasteiger partial charge in [-0.1, -0.05) is 0 Å². The Morgan fingerprint density at radius 2 is 2.25 bits per heavy atom. The highest BCUT2D eigenvalue weighted by Crippen LogP contribution is 2.36. The lowest BCUT2D eigenvalue weighted by molar-refractivity contribution is -0.343. The highest BCUT2D eigenvalue weighted by atomic mass is 16.5. The fraction of sp³-hybridized carbons (Fsp3) is 0.0833. The normalized spacial score (nSPS) is 10.1. The molecule has 0 aliphatic carbocycles. The lowest BCUT2D eigenvalue weighted by atomic mass is 10.1. The van der Waals surface area contributed by atoms with Gasteiger partial charge in [0.2, 0.25) is 11.4 Å². The maximum absolute atomic E-state index is 9.75. The zero-order valence-electron chi connectivity index (χ0n) is 8.86. The van der Waals surface area contributed by atoms with Crippen LogP contribution in [0.2, 0.25) is 0 Å². The van der Waals surface area contributed by atoms with E-state index in [0.717, 1.165) is 5.56 Å². The van der Waals surface area contributed by atoms with Gasteiger partial charge in [0.05, 0.1) is 13.4 Å². The number of rotatable bonds is 3. The van der Waals surface area contributed by atoms with Crippen molar-refractivity contribution in [1.29, 1.82) is 0 Å². The first kappa shape index (κ1) is 10.3. The average molecular weight is 218 g/mol. The van der Waals surface area contributed by atoms with Crippen molar-refractivity contribution in [2.24, 2.45) is 0 Å². The first-order valence-electron chi connectivity index (χ1n) is 4.74. The number of nitrogens with one attached hydrogen (secondary N) is 1. The maximum Gasteiger partial charge on any atom is 0.249 e. The Morgan fingerprint density at radius 1 is 1.44 bits per heavy atom. The van der Waals surface area contributed by atoms with Gasteiger partial charge in [-0.25, -0.2) is 4.99 Å². The van der Waals surface area contributed by atoms with Crippen molar-refractivity contribution in [3.05, 3.63) is 30.5 Å². The van der Waals surface area contributed by atoms with Gasteiger partial charge in [-0.05, 0) is 18.2 Å². The van der Waals surface area contributed by atoms with Crippen LogP contribution >= 0.6 is 0 Å². The molecular formula is C12H12NO3+. The third-order valence-corrected chi connectivity index (χ3v) is 2.29. The molecule has 1 aromatic heterocycles. The summed E-state index contributed by atoms with van der Waals surface area (Å²) in [5.74, 6) is 1.11. The topological polar surface area (TPSA) is 56.6 Å². The van der Waals surface area contributed by atoms with E-state index in [0.29, 0.717) is 17.2 Å². The Bertz CT molecular complexity index is 503. The summed E-state index contributed by atoms with van der Waals surface area (Å²) in [6.45, 7) is 3.52. The van der Waals surface area contributed by atoms with Crippen LogP contribution in [-0.4, -0.2) is 18.9 Å². The molecule has 0 unspecified atom stereocenters. The molecule has 0 spiro atoms. The fourth-order valence-corrected chi connectivity index (χ4v) is 1.48. The Kier molecular flexibility index (Phi) is 2.64. The molecule has 4 nitrogen and oxygen atoms in total. The lowest BCUT2D eigenvalue weighted by Crippen LogP contribution is -2.57. The van der Waals surface area contributed by atoms with E-state index in [4.69, 9.17) is 9.15 Å². The molecule has 2 N–H and O–H groups in total. The quantitative estimate of drug-likeness (QED) is 0.598. The van der Waals surface area contributed by atoms with E-state index < -0.39 is 0 Å². The summed E-state index contributed by atoms with van der Waals surface area (Å²) in [5, 5.41) is 9.75. The SMILES string of the molecule is C=[NH+]c1cc(-c2ccco2)cc(OC)c1O. The molecule has 2 rings (SSSR count). The van der Waals surface area contributed by atoms with E-state index in [1.165, 1.54) is 7.11 Å². The molecule has 16 heavy (non-hydrogen) atoms. The van der Waals surface area contributed by atoms with Gasteiger partial charge < -0.3 is 14.3 Å². The fourth-order valence-electron chi connectivity index (χ4n) is 1.48. The number of phenolic OH excluding ortho intramolecular Hbond substituents is 1. The van der Waals surface area contributed by atoms with Crippen LogP contribution in [0.15, 0.2) is 34.9 Å². The number of ether oxygens (including phenoxy) is 1. The molecule has 82 valence electrons. The number of hydrogen-bond donors (Lipinski definition) is 2. The van der Waals surface area contributed by atoms with Gasteiger partial charge in [0, 0.05) is 11.6 Å². The van der Waals surface area contributed by atoms with E-state index in [2.05, 4.69) is 11.7 Å². The predicted octanol–water partition coefficient (Wildman–Crippen LogP) is 1.07. The Hall–Kier alpha value is -2.23. The second-order valence-corrected chi connectivity index (χ2v) is 3.23. The molecule has 1 aromatic carbocycles. The molecular weight excluding hydrogens is 206 g/mol. The van der Waals surface area contributed by atoms with Crippen LogP contribution in [-0.2, 0) is 0 Å². The molecule has 4 heteroatoms. The number of aromatic hydroxyl groups is 1. The van der Waals surface area contributed by atoms with E-state index >= 15 is 0 Å². The van der Waals surface area contributed by atoms with Gasteiger partial charge in [0.1, 0.15) is 12.5 Å². The van der Waals surface area contributed by atoms with Crippen molar-refractivity contribution in [3.63, 3.8) is 0 Å². The summed E-state index contributed by atoms with van der Waals surface area (Å²) in [6.07, 6.45) is 1.59. The van der Waals surface area contributed by atoms with Gasteiger partial charge in [0.25, 0.3) is 0 Å². The first-order valence-corrected chi connectivity index (χ1v) is 4.74. The number of methoxy groups -OCH3 is 1. The molecule has 2 aromatic rings. The highest BCUT2D eigenvalue weighted by Gasteiger charge is 2.15. The van der Waals surface area contributed by atoms with E-state index in [-0.39, 0.29) is 5.75 Å². The van der Waals surface area contributed by atoms with Crippen molar-refractivity contribution in [1.82, 2.24) is 0 Å². The van der Waals surface area contributed by atoms with Crippen LogP contribution in [0.1, 0.15) is 0 Å². The van der Waals surface area contributed by atoms with Crippen LogP contribution < -0.4 is 9.73 Å². The third-order valence-electron chi connectivity index (χ3n) is 2.29. The molecule has 0 bridgehead atoms. The summed E-state index contributed by atoms with van der Waals surface area (Å²) in [6, 6.07) is 7.07. The van der Waals surface area contributed by atoms with E-state index in [1.54, 1.807) is 24.5 Å². The largest absolute Gasteiger partial charge is 0.500 e. The predicted molar refractivity (Wildman–Crippen MR) is 60.1 cm³/mol. The Labute approximate surface area is 92.8 Å². The van der Waals surface area contributed by atoms with Gasteiger partial charge in [0.15, 0.2) is 5.75 Å². The first-order chi connectivity index (χ1) is 7.76. The minimum atomic E-state index is 0.0350. The zero-order valence-corrected chi connectivity index (χ0v) is 8.86. The molecule has 0 aliphatic heterocycles. The van der Waals surface area contributed by atoms with Crippen LogP contribution in [0.3, 0.4) is 0 Å². The van der Waals surface area contributed by atoms with E-state index in [9.17, 15) is 5.11 Å². The summed E-state index contributed by atoms with van der Waals surface area (Å²) in [5.41, 5.74) is 1.30. The van der Waals surface area contributed by atoms with Crippen LogP contribution in [0.25, 0.3) is 11.3 Å². The molecule has 0 radical (unpaired) electrons. The van der Waals surface area contributed by atoms with E-state index in [1.807, 2.05) is 6.07 Å².